The molecule has 0 N–H and O–H groups in total. The summed E-state index contributed by atoms with van der Waals surface area (Å²) < 4.78 is 11.5. The molecule has 0 saturated carbocycles. The molecule has 0 saturated heterocycles. The summed E-state index contributed by atoms with van der Waals surface area (Å²) in [6.45, 7) is 2.16. The molecule has 7 aromatic rings. The Morgan fingerprint density at radius 3 is 2.35 bits per heavy atom. The molecule has 3 aromatic heterocycles. The predicted octanol–water partition coefficient (Wildman–Crippen LogP) is 8.42. The Kier molecular flexibility index (Phi) is 4.18. The number of hydrogen-bond acceptors (Lipinski definition) is 2. The predicted molar refractivity (Wildman–Crippen MR) is 143 cm³/mol. The van der Waals surface area contributed by atoms with Crippen LogP contribution in [0, 0.1) is 6.92 Å². The third-order valence-corrected chi connectivity index (χ3v) is 8.01. The summed E-state index contributed by atoms with van der Waals surface area (Å²) in [6.07, 6.45) is 2.09. The van der Waals surface area contributed by atoms with Crippen molar-refractivity contribution in [2.24, 2.45) is 7.05 Å². The Morgan fingerprint density at radius 1 is 0.676 bits per heavy atom. The van der Waals surface area contributed by atoms with Crippen LogP contribution >= 0.6 is 11.3 Å². The van der Waals surface area contributed by atoms with Gasteiger partial charge in [0.25, 0.3) is 0 Å². The second-order valence-corrected chi connectivity index (χ2v) is 10.0. The first-order chi connectivity index (χ1) is 16.7. The van der Waals surface area contributed by atoms with Crippen LogP contribution in [0.4, 0.5) is 0 Å². The number of aryl methyl sites for hydroxylation is 2. The Morgan fingerprint density at radius 2 is 1.44 bits per heavy atom. The topological polar surface area (TPSA) is 17.0 Å². The average Bonchev–Trinajstić information content (AvgIpc) is 3.42. The zero-order valence-electron chi connectivity index (χ0n) is 19.0. The van der Waals surface area contributed by atoms with E-state index in [1.807, 2.05) is 11.3 Å². The SMILES string of the molecule is Cc1ccc2c(oc3c(-c4ccc5c(c4)sc4ccccc45)cccc32)c1-c1cccc[n+]1C. The van der Waals surface area contributed by atoms with Crippen LogP contribution in [0.3, 0.4) is 0 Å². The van der Waals surface area contributed by atoms with Crippen LogP contribution in [-0.2, 0) is 7.05 Å². The number of benzene rings is 4. The quantitative estimate of drug-likeness (QED) is 0.239. The van der Waals surface area contributed by atoms with Gasteiger partial charge in [0.1, 0.15) is 18.2 Å². The van der Waals surface area contributed by atoms with Gasteiger partial charge in [-0.25, -0.2) is 4.57 Å². The lowest BCUT2D eigenvalue weighted by Crippen LogP contribution is -2.30. The van der Waals surface area contributed by atoms with Crippen LogP contribution in [0.5, 0.6) is 0 Å². The number of para-hydroxylation sites is 1. The monoisotopic (exact) mass is 456 g/mol. The van der Waals surface area contributed by atoms with Crippen LogP contribution in [0.1, 0.15) is 5.56 Å². The standard InChI is InChI=1S/C31H22NOS/c1-19-13-15-25-24-10-7-9-21(30(24)33-31(25)29(19)26-11-5-6-17-32(26)2)20-14-16-23-22-8-3-4-12-27(22)34-28(23)18-20/h3-18H,1-2H3/q+1. The van der Waals surface area contributed by atoms with Gasteiger partial charge in [0.15, 0.2) is 6.20 Å². The summed E-state index contributed by atoms with van der Waals surface area (Å²) in [6, 6.07) is 32.6. The number of furan rings is 1. The van der Waals surface area contributed by atoms with Crippen molar-refractivity contribution in [1.82, 2.24) is 0 Å². The van der Waals surface area contributed by atoms with Gasteiger partial charge < -0.3 is 4.42 Å². The fourth-order valence-electron chi connectivity index (χ4n) is 5.18. The molecule has 0 spiro atoms. The van der Waals surface area contributed by atoms with E-state index in [9.17, 15) is 0 Å². The number of nitrogens with zero attached hydrogens (tertiary/aromatic N) is 1. The van der Waals surface area contributed by atoms with Crippen molar-refractivity contribution in [3.05, 3.63) is 103 Å². The van der Waals surface area contributed by atoms with Crippen molar-refractivity contribution in [1.29, 1.82) is 0 Å². The van der Waals surface area contributed by atoms with Gasteiger partial charge in [-0.2, -0.15) is 0 Å². The maximum atomic E-state index is 6.72. The summed E-state index contributed by atoms with van der Waals surface area (Å²) in [5.41, 5.74) is 7.74. The van der Waals surface area contributed by atoms with E-state index in [-0.39, 0.29) is 0 Å². The van der Waals surface area contributed by atoms with Crippen molar-refractivity contribution >= 4 is 53.4 Å². The zero-order chi connectivity index (χ0) is 22.8. The molecule has 4 aromatic carbocycles. The summed E-state index contributed by atoms with van der Waals surface area (Å²) in [7, 11) is 2.09. The van der Waals surface area contributed by atoms with Gasteiger partial charge in [-0.05, 0) is 36.2 Å². The number of rotatable bonds is 2. The minimum atomic E-state index is 0.948. The van der Waals surface area contributed by atoms with E-state index < -0.39 is 0 Å². The van der Waals surface area contributed by atoms with Gasteiger partial charge in [-0.1, -0.05) is 60.7 Å². The summed E-state index contributed by atoms with van der Waals surface area (Å²) in [4.78, 5) is 0. The molecule has 162 valence electrons. The summed E-state index contributed by atoms with van der Waals surface area (Å²) in [5, 5.41) is 4.95. The van der Waals surface area contributed by atoms with Gasteiger partial charge >= 0.3 is 0 Å². The molecule has 0 aliphatic rings. The molecule has 0 aliphatic heterocycles. The van der Waals surface area contributed by atoms with E-state index in [4.69, 9.17) is 4.42 Å². The van der Waals surface area contributed by atoms with Crippen LogP contribution in [0.15, 0.2) is 102 Å². The number of thiophene rings is 1. The highest BCUT2D eigenvalue weighted by Crippen LogP contribution is 2.42. The third kappa shape index (κ3) is 2.77. The minimum Gasteiger partial charge on any atom is -0.454 e. The Balaban J connectivity index is 1.51. The molecule has 2 nitrogen and oxygen atoms in total. The summed E-state index contributed by atoms with van der Waals surface area (Å²) in [5.74, 6) is 0. The molecular weight excluding hydrogens is 434 g/mol. The smallest absolute Gasteiger partial charge is 0.216 e. The minimum absolute atomic E-state index is 0.948. The number of aromatic nitrogens is 1. The maximum Gasteiger partial charge on any atom is 0.216 e. The molecule has 34 heavy (non-hydrogen) atoms. The molecule has 0 amide bonds. The Hall–Kier alpha value is -3.95. The van der Waals surface area contributed by atoms with Crippen molar-refractivity contribution in [2.45, 2.75) is 6.92 Å². The largest absolute Gasteiger partial charge is 0.454 e. The average molecular weight is 457 g/mol. The second kappa shape index (κ2) is 7.28. The maximum absolute atomic E-state index is 6.72. The normalized spacial score (nSPS) is 11.8. The van der Waals surface area contributed by atoms with E-state index in [1.54, 1.807) is 0 Å². The fraction of sp³-hybridized carbons (Fsp3) is 0.0645. The van der Waals surface area contributed by atoms with Gasteiger partial charge in [0, 0.05) is 48.6 Å². The van der Waals surface area contributed by atoms with Crippen LogP contribution in [-0.4, -0.2) is 0 Å². The third-order valence-electron chi connectivity index (χ3n) is 6.88. The van der Waals surface area contributed by atoms with Crippen LogP contribution in [0.2, 0.25) is 0 Å². The lowest BCUT2D eigenvalue weighted by Gasteiger charge is -2.05. The molecule has 0 bridgehead atoms. The van der Waals surface area contributed by atoms with E-state index in [2.05, 4.69) is 116 Å². The van der Waals surface area contributed by atoms with Crippen LogP contribution < -0.4 is 4.57 Å². The molecule has 0 unspecified atom stereocenters. The van der Waals surface area contributed by atoms with Gasteiger partial charge in [-0.15, -0.1) is 11.3 Å². The molecule has 3 heterocycles. The second-order valence-electron chi connectivity index (χ2n) is 8.92. The van der Waals surface area contributed by atoms with Gasteiger partial charge in [-0.3, -0.25) is 0 Å². The van der Waals surface area contributed by atoms with Gasteiger partial charge in [0.05, 0.1) is 5.56 Å². The lowest BCUT2D eigenvalue weighted by atomic mass is 9.98. The first-order valence-corrected chi connectivity index (χ1v) is 12.3. The molecular formula is C31H22NOS+. The van der Waals surface area contributed by atoms with Gasteiger partial charge in [0.2, 0.25) is 5.69 Å². The van der Waals surface area contributed by atoms with E-state index in [0.717, 1.165) is 38.8 Å². The molecule has 0 aliphatic carbocycles. The lowest BCUT2D eigenvalue weighted by molar-refractivity contribution is -0.660. The molecule has 0 radical (unpaired) electrons. The first kappa shape index (κ1) is 19.5. The Bertz CT molecular complexity index is 1890. The molecule has 7 rings (SSSR count). The highest BCUT2D eigenvalue weighted by Gasteiger charge is 2.21. The van der Waals surface area contributed by atoms with Crippen molar-refractivity contribution < 1.29 is 8.98 Å². The van der Waals surface area contributed by atoms with E-state index in [1.165, 1.54) is 31.3 Å². The van der Waals surface area contributed by atoms with Crippen molar-refractivity contribution in [2.75, 3.05) is 0 Å². The molecule has 0 fully saturated rings. The fourth-order valence-corrected chi connectivity index (χ4v) is 6.33. The molecule has 3 heteroatoms. The number of fused-ring (bicyclic) bond motifs is 6. The van der Waals surface area contributed by atoms with Crippen molar-refractivity contribution in [3.8, 4) is 22.4 Å². The van der Waals surface area contributed by atoms with Crippen LogP contribution in [0.25, 0.3) is 64.5 Å². The van der Waals surface area contributed by atoms with E-state index >= 15 is 0 Å². The zero-order valence-corrected chi connectivity index (χ0v) is 19.8. The Labute approximate surface area is 201 Å². The summed E-state index contributed by atoms with van der Waals surface area (Å²) >= 11 is 1.85. The van der Waals surface area contributed by atoms with Crippen molar-refractivity contribution in [3.63, 3.8) is 0 Å². The number of hydrogen-bond donors (Lipinski definition) is 0. The van der Waals surface area contributed by atoms with E-state index in [0.29, 0.717) is 0 Å². The highest BCUT2D eigenvalue weighted by atomic mass is 32.1. The highest BCUT2D eigenvalue weighted by molar-refractivity contribution is 7.25. The molecule has 0 atom stereocenters. The first-order valence-electron chi connectivity index (χ1n) is 11.5. The number of pyridine rings is 1.